The fraction of sp³-hybridized carbons (Fsp3) is 1.00. The summed E-state index contributed by atoms with van der Waals surface area (Å²) in [6, 6.07) is 0. The van der Waals surface area contributed by atoms with Crippen molar-refractivity contribution < 1.29 is 4.74 Å². The SMILES string of the molecule is CC(C)CCOCCC1CC(C(C)C)CCC1Cl. The van der Waals surface area contributed by atoms with Crippen molar-refractivity contribution in [2.75, 3.05) is 13.2 Å². The maximum absolute atomic E-state index is 6.46. The van der Waals surface area contributed by atoms with E-state index in [2.05, 4.69) is 27.7 Å². The van der Waals surface area contributed by atoms with Gasteiger partial charge in [-0.3, -0.25) is 0 Å². The highest BCUT2D eigenvalue weighted by Gasteiger charge is 2.30. The fourth-order valence-electron chi connectivity index (χ4n) is 2.82. The van der Waals surface area contributed by atoms with E-state index in [0.717, 1.165) is 37.4 Å². The monoisotopic (exact) mass is 274 g/mol. The summed E-state index contributed by atoms with van der Waals surface area (Å²) in [5, 5.41) is 0.383. The third kappa shape index (κ3) is 5.93. The zero-order valence-electron chi connectivity index (χ0n) is 12.6. The molecule has 1 aliphatic carbocycles. The molecule has 3 atom stereocenters. The van der Waals surface area contributed by atoms with E-state index in [1.54, 1.807) is 0 Å². The Labute approximate surface area is 119 Å². The van der Waals surface area contributed by atoms with Gasteiger partial charge in [0.05, 0.1) is 0 Å². The van der Waals surface area contributed by atoms with Crippen LogP contribution in [0.4, 0.5) is 0 Å². The van der Waals surface area contributed by atoms with Gasteiger partial charge in [0.2, 0.25) is 0 Å². The third-order valence-electron chi connectivity index (χ3n) is 4.35. The first kappa shape index (κ1) is 16.3. The van der Waals surface area contributed by atoms with Gasteiger partial charge in [0.15, 0.2) is 0 Å². The molecule has 1 rings (SSSR count). The van der Waals surface area contributed by atoms with Gasteiger partial charge in [0.25, 0.3) is 0 Å². The molecule has 0 aliphatic heterocycles. The van der Waals surface area contributed by atoms with Crippen molar-refractivity contribution >= 4 is 11.6 Å². The van der Waals surface area contributed by atoms with Crippen LogP contribution in [0.5, 0.6) is 0 Å². The summed E-state index contributed by atoms with van der Waals surface area (Å²) in [6.07, 6.45) is 6.13. The Bertz CT molecular complexity index is 215. The molecule has 0 spiro atoms. The van der Waals surface area contributed by atoms with Gasteiger partial charge in [-0.25, -0.2) is 0 Å². The lowest BCUT2D eigenvalue weighted by Gasteiger charge is -2.35. The number of hydrogen-bond acceptors (Lipinski definition) is 1. The van der Waals surface area contributed by atoms with Crippen LogP contribution in [-0.2, 0) is 4.74 Å². The normalized spacial score (nSPS) is 29.2. The van der Waals surface area contributed by atoms with Crippen LogP contribution in [0.3, 0.4) is 0 Å². The van der Waals surface area contributed by atoms with E-state index in [4.69, 9.17) is 16.3 Å². The minimum atomic E-state index is 0.383. The second-order valence-electron chi connectivity index (χ2n) is 6.68. The lowest BCUT2D eigenvalue weighted by Crippen LogP contribution is -2.28. The summed E-state index contributed by atoms with van der Waals surface area (Å²) < 4.78 is 5.73. The molecule has 0 aromatic carbocycles. The first-order valence-electron chi connectivity index (χ1n) is 7.72. The van der Waals surface area contributed by atoms with Gasteiger partial charge in [0.1, 0.15) is 0 Å². The summed E-state index contributed by atoms with van der Waals surface area (Å²) in [7, 11) is 0. The van der Waals surface area contributed by atoms with E-state index in [0.29, 0.717) is 11.3 Å². The predicted molar refractivity (Wildman–Crippen MR) is 80.2 cm³/mol. The van der Waals surface area contributed by atoms with Crippen molar-refractivity contribution in [3.05, 3.63) is 0 Å². The summed E-state index contributed by atoms with van der Waals surface area (Å²) in [5.74, 6) is 3.09. The summed E-state index contributed by atoms with van der Waals surface area (Å²) in [5.41, 5.74) is 0. The molecule has 0 amide bonds. The van der Waals surface area contributed by atoms with E-state index in [1.807, 2.05) is 0 Å². The molecule has 1 aliphatic rings. The lowest BCUT2D eigenvalue weighted by atomic mass is 9.75. The molecule has 0 N–H and O–H groups in total. The van der Waals surface area contributed by atoms with Crippen molar-refractivity contribution in [3.63, 3.8) is 0 Å². The number of rotatable bonds is 7. The van der Waals surface area contributed by atoms with E-state index in [1.165, 1.54) is 25.7 Å². The van der Waals surface area contributed by atoms with Crippen molar-refractivity contribution in [2.24, 2.45) is 23.7 Å². The molecule has 1 saturated carbocycles. The van der Waals surface area contributed by atoms with E-state index in [9.17, 15) is 0 Å². The maximum Gasteiger partial charge on any atom is 0.0469 e. The van der Waals surface area contributed by atoms with Crippen LogP contribution in [0.1, 0.15) is 59.8 Å². The minimum absolute atomic E-state index is 0.383. The molecule has 108 valence electrons. The van der Waals surface area contributed by atoms with E-state index >= 15 is 0 Å². The number of alkyl halides is 1. The quantitative estimate of drug-likeness (QED) is 0.462. The summed E-state index contributed by atoms with van der Waals surface area (Å²) >= 11 is 6.46. The van der Waals surface area contributed by atoms with E-state index in [-0.39, 0.29) is 0 Å². The van der Waals surface area contributed by atoms with Gasteiger partial charge in [-0.05, 0) is 55.8 Å². The molecule has 0 aromatic rings. The van der Waals surface area contributed by atoms with Gasteiger partial charge >= 0.3 is 0 Å². The Balaban J connectivity index is 2.18. The molecule has 0 aromatic heterocycles. The number of hydrogen-bond donors (Lipinski definition) is 0. The molecule has 18 heavy (non-hydrogen) atoms. The van der Waals surface area contributed by atoms with Crippen LogP contribution in [0, 0.1) is 23.7 Å². The Morgan fingerprint density at radius 3 is 2.44 bits per heavy atom. The number of ether oxygens (including phenoxy) is 1. The molecule has 1 nitrogen and oxygen atoms in total. The average Bonchev–Trinajstić information content (AvgIpc) is 2.30. The number of halogens is 1. The highest BCUT2D eigenvalue weighted by atomic mass is 35.5. The molecular formula is C16H31ClO. The molecule has 0 radical (unpaired) electrons. The second kappa shape index (κ2) is 8.43. The second-order valence-corrected chi connectivity index (χ2v) is 7.24. The third-order valence-corrected chi connectivity index (χ3v) is 4.92. The van der Waals surface area contributed by atoms with Crippen LogP contribution in [-0.4, -0.2) is 18.6 Å². The Morgan fingerprint density at radius 1 is 1.11 bits per heavy atom. The Hall–Kier alpha value is 0.250. The Kier molecular flexibility index (Phi) is 7.63. The summed E-state index contributed by atoms with van der Waals surface area (Å²) in [6.45, 7) is 11.0. The highest BCUT2D eigenvalue weighted by molar-refractivity contribution is 6.20. The van der Waals surface area contributed by atoms with Crippen LogP contribution in [0.15, 0.2) is 0 Å². The zero-order chi connectivity index (χ0) is 13.5. The molecule has 3 unspecified atom stereocenters. The zero-order valence-corrected chi connectivity index (χ0v) is 13.4. The molecule has 0 saturated heterocycles. The standard InChI is InChI=1S/C16H31ClO/c1-12(2)7-9-18-10-8-15-11-14(13(3)4)5-6-16(15)17/h12-16H,5-11H2,1-4H3. The molecule has 0 bridgehead atoms. The van der Waals surface area contributed by atoms with E-state index < -0.39 is 0 Å². The molecule has 0 heterocycles. The lowest BCUT2D eigenvalue weighted by molar-refractivity contribution is 0.0969. The van der Waals surface area contributed by atoms with Crippen LogP contribution < -0.4 is 0 Å². The van der Waals surface area contributed by atoms with Gasteiger partial charge in [0, 0.05) is 18.6 Å². The van der Waals surface area contributed by atoms with Gasteiger partial charge in [-0.15, -0.1) is 11.6 Å². The molecule has 1 fully saturated rings. The Morgan fingerprint density at radius 2 is 1.83 bits per heavy atom. The van der Waals surface area contributed by atoms with Crippen molar-refractivity contribution in [1.82, 2.24) is 0 Å². The average molecular weight is 275 g/mol. The van der Waals surface area contributed by atoms with Crippen molar-refractivity contribution in [1.29, 1.82) is 0 Å². The van der Waals surface area contributed by atoms with Crippen LogP contribution >= 0.6 is 11.6 Å². The van der Waals surface area contributed by atoms with Crippen LogP contribution in [0.2, 0.25) is 0 Å². The smallest absolute Gasteiger partial charge is 0.0469 e. The fourth-order valence-corrected chi connectivity index (χ4v) is 3.18. The van der Waals surface area contributed by atoms with Crippen molar-refractivity contribution in [2.45, 2.75) is 65.2 Å². The first-order chi connectivity index (χ1) is 8.50. The minimum Gasteiger partial charge on any atom is -0.381 e. The molecular weight excluding hydrogens is 244 g/mol. The van der Waals surface area contributed by atoms with Crippen LogP contribution in [0.25, 0.3) is 0 Å². The topological polar surface area (TPSA) is 9.23 Å². The largest absolute Gasteiger partial charge is 0.381 e. The van der Waals surface area contributed by atoms with Gasteiger partial charge in [-0.1, -0.05) is 27.7 Å². The molecule has 2 heteroatoms. The van der Waals surface area contributed by atoms with Gasteiger partial charge < -0.3 is 4.74 Å². The summed E-state index contributed by atoms with van der Waals surface area (Å²) in [4.78, 5) is 0. The predicted octanol–water partition coefficient (Wildman–Crippen LogP) is 5.12. The maximum atomic E-state index is 6.46. The first-order valence-corrected chi connectivity index (χ1v) is 8.16. The highest BCUT2D eigenvalue weighted by Crippen LogP contribution is 2.38. The van der Waals surface area contributed by atoms with Crippen molar-refractivity contribution in [3.8, 4) is 0 Å². The van der Waals surface area contributed by atoms with Gasteiger partial charge in [-0.2, -0.15) is 0 Å².